The first-order chi connectivity index (χ1) is 13.2. The van der Waals surface area contributed by atoms with Gasteiger partial charge in [-0.15, -0.1) is 0 Å². The molecule has 1 aromatic carbocycles. The molecular weight excluding hydrogens is 356 g/mol. The summed E-state index contributed by atoms with van der Waals surface area (Å²) in [6.45, 7) is 7.76. The monoisotopic (exact) mass is 384 g/mol. The number of amides is 3. The van der Waals surface area contributed by atoms with E-state index in [-0.39, 0.29) is 23.5 Å². The Bertz CT molecular complexity index is 840. The number of hydrogen-bond acceptors (Lipinski definition) is 4. The Morgan fingerprint density at radius 1 is 1.29 bits per heavy atom. The van der Waals surface area contributed by atoms with Crippen LogP contribution in [0.5, 0.6) is 0 Å². The van der Waals surface area contributed by atoms with Crippen LogP contribution >= 0.6 is 0 Å². The van der Waals surface area contributed by atoms with Gasteiger partial charge in [0.15, 0.2) is 6.29 Å². The fourth-order valence-corrected chi connectivity index (χ4v) is 3.08. The molecule has 28 heavy (non-hydrogen) atoms. The summed E-state index contributed by atoms with van der Waals surface area (Å²) < 4.78 is 1.62. The first-order valence-corrected chi connectivity index (χ1v) is 9.54. The van der Waals surface area contributed by atoms with E-state index < -0.39 is 6.29 Å². The van der Waals surface area contributed by atoms with E-state index in [4.69, 9.17) is 0 Å². The molecule has 2 heterocycles. The Morgan fingerprint density at radius 2 is 2.00 bits per heavy atom. The number of urea groups is 1. The second kappa shape index (κ2) is 8.02. The van der Waals surface area contributed by atoms with E-state index in [1.807, 2.05) is 58.0 Å². The molecule has 0 aliphatic carbocycles. The third-order valence-corrected chi connectivity index (χ3v) is 4.40. The molecule has 4 N–H and O–H groups in total. The van der Waals surface area contributed by atoms with Crippen molar-refractivity contribution >= 4 is 17.8 Å². The molecule has 3 rings (SSSR count). The van der Waals surface area contributed by atoms with Crippen molar-refractivity contribution in [2.24, 2.45) is 0 Å². The van der Waals surface area contributed by atoms with Gasteiger partial charge in [-0.05, 0) is 27.2 Å². The van der Waals surface area contributed by atoms with Gasteiger partial charge in [0.2, 0.25) is 5.91 Å². The minimum atomic E-state index is -0.534. The standard InChI is InChI=1S/C20H28N6O2/c1-5-14-11-17(27)23-18(21-14)26-16(22-19(28)24-20(2,3)4)12-15(25-26)13-9-7-6-8-10-13/h6-10,12,14,18,21H,5,11H2,1-4H3,(H,23,27)(H2,22,24,28). The van der Waals surface area contributed by atoms with E-state index in [9.17, 15) is 9.59 Å². The highest BCUT2D eigenvalue weighted by atomic mass is 16.2. The maximum absolute atomic E-state index is 12.4. The number of carbonyl (C=O) groups is 2. The summed E-state index contributed by atoms with van der Waals surface area (Å²) >= 11 is 0. The van der Waals surface area contributed by atoms with Gasteiger partial charge in [0.05, 0.1) is 5.69 Å². The minimum absolute atomic E-state index is 0.0440. The van der Waals surface area contributed by atoms with Crippen LogP contribution in [0.2, 0.25) is 0 Å². The molecule has 150 valence electrons. The molecule has 1 aliphatic rings. The normalized spacial score (nSPS) is 19.8. The number of nitrogens with zero attached hydrogens (tertiary/aromatic N) is 2. The number of anilines is 1. The van der Waals surface area contributed by atoms with E-state index in [1.165, 1.54) is 0 Å². The molecule has 0 bridgehead atoms. The van der Waals surface area contributed by atoms with E-state index in [0.717, 1.165) is 12.0 Å². The largest absolute Gasteiger partial charge is 0.333 e. The van der Waals surface area contributed by atoms with Crippen molar-refractivity contribution < 1.29 is 9.59 Å². The maximum Gasteiger partial charge on any atom is 0.320 e. The number of benzene rings is 1. The SMILES string of the molecule is CCC1CC(=O)NC(n2nc(-c3ccccc3)cc2NC(=O)NC(C)(C)C)N1. The number of aromatic nitrogens is 2. The Labute approximate surface area is 165 Å². The molecule has 1 fully saturated rings. The minimum Gasteiger partial charge on any atom is -0.333 e. The molecule has 0 radical (unpaired) electrons. The second-order valence-electron chi connectivity index (χ2n) is 8.00. The molecule has 1 saturated heterocycles. The van der Waals surface area contributed by atoms with Crippen molar-refractivity contribution in [3.05, 3.63) is 36.4 Å². The van der Waals surface area contributed by atoms with Gasteiger partial charge in [0.25, 0.3) is 0 Å². The zero-order valence-corrected chi connectivity index (χ0v) is 16.7. The van der Waals surface area contributed by atoms with Crippen molar-refractivity contribution in [3.8, 4) is 11.3 Å². The molecule has 8 nitrogen and oxygen atoms in total. The second-order valence-corrected chi connectivity index (χ2v) is 8.00. The molecule has 3 amide bonds. The van der Waals surface area contributed by atoms with Crippen LogP contribution in [0.3, 0.4) is 0 Å². The maximum atomic E-state index is 12.4. The number of nitrogens with one attached hydrogen (secondary N) is 4. The van der Waals surface area contributed by atoms with Crippen LogP contribution < -0.4 is 21.3 Å². The van der Waals surface area contributed by atoms with Crippen LogP contribution in [0.4, 0.5) is 10.6 Å². The van der Waals surface area contributed by atoms with Gasteiger partial charge in [-0.25, -0.2) is 9.48 Å². The van der Waals surface area contributed by atoms with E-state index in [0.29, 0.717) is 17.9 Å². The van der Waals surface area contributed by atoms with Crippen molar-refractivity contribution in [1.29, 1.82) is 0 Å². The average molecular weight is 384 g/mol. The molecule has 0 saturated carbocycles. The lowest BCUT2D eigenvalue weighted by molar-refractivity contribution is -0.125. The first kappa shape index (κ1) is 19.9. The van der Waals surface area contributed by atoms with Gasteiger partial charge >= 0.3 is 6.03 Å². The highest BCUT2D eigenvalue weighted by Crippen LogP contribution is 2.25. The lowest BCUT2D eigenvalue weighted by Gasteiger charge is -2.32. The van der Waals surface area contributed by atoms with Crippen molar-refractivity contribution in [2.45, 2.75) is 58.4 Å². The molecule has 1 aliphatic heterocycles. The number of carbonyl (C=O) groups excluding carboxylic acids is 2. The third-order valence-electron chi connectivity index (χ3n) is 4.40. The van der Waals surface area contributed by atoms with Gasteiger partial charge in [0, 0.05) is 29.6 Å². The van der Waals surface area contributed by atoms with Crippen molar-refractivity contribution in [3.63, 3.8) is 0 Å². The lowest BCUT2D eigenvalue weighted by atomic mass is 10.1. The average Bonchev–Trinajstić information content (AvgIpc) is 3.04. The summed E-state index contributed by atoms with van der Waals surface area (Å²) in [5.41, 5.74) is 1.26. The predicted molar refractivity (Wildman–Crippen MR) is 109 cm³/mol. The van der Waals surface area contributed by atoms with Crippen LogP contribution in [0.25, 0.3) is 11.3 Å². The van der Waals surface area contributed by atoms with E-state index in [1.54, 1.807) is 10.7 Å². The Balaban J connectivity index is 1.93. The van der Waals surface area contributed by atoms with Gasteiger partial charge < -0.3 is 10.6 Å². The van der Waals surface area contributed by atoms with Crippen molar-refractivity contribution in [1.82, 2.24) is 25.7 Å². The summed E-state index contributed by atoms with van der Waals surface area (Å²) in [4.78, 5) is 24.5. The van der Waals surface area contributed by atoms with Gasteiger partial charge in [-0.2, -0.15) is 5.10 Å². The van der Waals surface area contributed by atoms with Crippen LogP contribution in [0.1, 0.15) is 46.8 Å². The number of rotatable bonds is 4. The van der Waals surface area contributed by atoms with Gasteiger partial charge in [-0.3, -0.25) is 15.4 Å². The molecule has 0 spiro atoms. The molecular formula is C20H28N6O2. The first-order valence-electron chi connectivity index (χ1n) is 9.54. The quantitative estimate of drug-likeness (QED) is 0.651. The summed E-state index contributed by atoms with van der Waals surface area (Å²) in [7, 11) is 0. The Kier molecular flexibility index (Phi) is 5.69. The molecule has 2 unspecified atom stereocenters. The Morgan fingerprint density at radius 3 is 2.64 bits per heavy atom. The topological polar surface area (TPSA) is 100 Å². The summed E-state index contributed by atoms with van der Waals surface area (Å²) in [5.74, 6) is 0.451. The van der Waals surface area contributed by atoms with Crippen LogP contribution in [-0.4, -0.2) is 33.3 Å². The summed E-state index contributed by atoms with van der Waals surface area (Å²) in [6, 6.07) is 11.2. The number of hydrogen-bond donors (Lipinski definition) is 4. The molecule has 2 aromatic rings. The highest BCUT2D eigenvalue weighted by molar-refractivity contribution is 5.89. The molecule has 8 heteroatoms. The summed E-state index contributed by atoms with van der Waals surface area (Å²) in [5, 5.41) is 16.7. The smallest absolute Gasteiger partial charge is 0.320 e. The zero-order chi connectivity index (χ0) is 20.3. The fraction of sp³-hybridized carbons (Fsp3) is 0.450. The van der Waals surface area contributed by atoms with E-state index in [2.05, 4.69) is 26.4 Å². The summed E-state index contributed by atoms with van der Waals surface area (Å²) in [6.07, 6.45) is 0.713. The predicted octanol–water partition coefficient (Wildman–Crippen LogP) is 2.81. The van der Waals surface area contributed by atoms with Crippen LogP contribution in [0.15, 0.2) is 36.4 Å². The zero-order valence-electron chi connectivity index (χ0n) is 16.7. The Hall–Kier alpha value is -2.87. The van der Waals surface area contributed by atoms with Gasteiger partial charge in [-0.1, -0.05) is 37.3 Å². The lowest BCUT2D eigenvalue weighted by Crippen LogP contribution is -2.53. The third kappa shape index (κ3) is 4.89. The van der Waals surface area contributed by atoms with E-state index >= 15 is 0 Å². The van der Waals surface area contributed by atoms with Gasteiger partial charge in [0.1, 0.15) is 5.82 Å². The molecule has 2 atom stereocenters. The fourth-order valence-electron chi connectivity index (χ4n) is 3.08. The molecule has 1 aromatic heterocycles. The van der Waals surface area contributed by atoms with Crippen LogP contribution in [0, 0.1) is 0 Å². The van der Waals surface area contributed by atoms with Crippen molar-refractivity contribution in [2.75, 3.05) is 5.32 Å². The van der Waals surface area contributed by atoms with Crippen LogP contribution in [-0.2, 0) is 4.79 Å². The highest BCUT2D eigenvalue weighted by Gasteiger charge is 2.28.